The van der Waals surface area contributed by atoms with Crippen molar-refractivity contribution in [3.8, 4) is 0 Å². The molecule has 2 rings (SSSR count). The van der Waals surface area contributed by atoms with Crippen LogP contribution in [0.25, 0.3) is 0 Å². The molecule has 0 bridgehead atoms. The van der Waals surface area contributed by atoms with E-state index in [0.29, 0.717) is 38.9 Å². The molecule has 0 saturated carbocycles. The van der Waals surface area contributed by atoms with E-state index in [0.717, 1.165) is 18.6 Å². The van der Waals surface area contributed by atoms with Crippen molar-refractivity contribution in [1.29, 1.82) is 0 Å². The monoisotopic (exact) mass is 266 g/mol. The molecule has 0 radical (unpaired) electrons. The minimum Gasteiger partial charge on any atom is -0.469 e. The molecule has 106 valence electrons. The minimum absolute atomic E-state index is 0.160. The third kappa shape index (κ3) is 4.69. The molecule has 1 aliphatic rings. The molecule has 1 aliphatic heterocycles. The Kier molecular flexibility index (Phi) is 5.42. The average Bonchev–Trinajstić information content (AvgIpc) is 2.96. The molecule has 0 aliphatic carbocycles. The van der Waals surface area contributed by atoms with Gasteiger partial charge in [-0.15, -0.1) is 0 Å². The Balaban J connectivity index is 1.62. The Hall–Kier alpha value is -1.33. The van der Waals surface area contributed by atoms with Gasteiger partial charge in [0.2, 0.25) is 5.91 Å². The SMILES string of the molecule is CC(CCc1ccco1)NCC(=O)N1CCOCC1. The fraction of sp³-hybridized carbons (Fsp3) is 0.643. The van der Waals surface area contributed by atoms with Gasteiger partial charge in [0.1, 0.15) is 5.76 Å². The summed E-state index contributed by atoms with van der Waals surface area (Å²) >= 11 is 0. The first kappa shape index (κ1) is 14.1. The van der Waals surface area contributed by atoms with E-state index in [1.807, 2.05) is 17.0 Å². The fourth-order valence-corrected chi connectivity index (χ4v) is 2.10. The van der Waals surface area contributed by atoms with E-state index < -0.39 is 0 Å². The van der Waals surface area contributed by atoms with Crippen LogP contribution in [0.3, 0.4) is 0 Å². The fourth-order valence-electron chi connectivity index (χ4n) is 2.10. The van der Waals surface area contributed by atoms with Gasteiger partial charge in [0.15, 0.2) is 0 Å². The number of amides is 1. The highest BCUT2D eigenvalue weighted by molar-refractivity contribution is 5.78. The topological polar surface area (TPSA) is 54.7 Å². The van der Waals surface area contributed by atoms with Crippen LogP contribution >= 0.6 is 0 Å². The van der Waals surface area contributed by atoms with Gasteiger partial charge in [0, 0.05) is 25.6 Å². The first-order chi connectivity index (χ1) is 9.25. The number of ether oxygens (including phenoxy) is 1. The van der Waals surface area contributed by atoms with Crippen LogP contribution < -0.4 is 5.32 Å². The van der Waals surface area contributed by atoms with E-state index in [-0.39, 0.29) is 5.91 Å². The summed E-state index contributed by atoms with van der Waals surface area (Å²) in [6.45, 7) is 5.22. The lowest BCUT2D eigenvalue weighted by Gasteiger charge is -2.27. The summed E-state index contributed by atoms with van der Waals surface area (Å²) in [5.74, 6) is 1.15. The number of hydrogen-bond acceptors (Lipinski definition) is 4. The van der Waals surface area contributed by atoms with Crippen LogP contribution in [0.1, 0.15) is 19.1 Å². The van der Waals surface area contributed by atoms with E-state index in [1.165, 1.54) is 0 Å². The molecular weight excluding hydrogens is 244 g/mol. The van der Waals surface area contributed by atoms with Crippen molar-refractivity contribution in [2.75, 3.05) is 32.8 Å². The van der Waals surface area contributed by atoms with Gasteiger partial charge < -0.3 is 19.4 Å². The Labute approximate surface area is 113 Å². The number of morpholine rings is 1. The molecule has 1 fully saturated rings. The zero-order valence-corrected chi connectivity index (χ0v) is 11.4. The molecule has 1 aromatic rings. The number of aryl methyl sites for hydroxylation is 1. The number of nitrogens with one attached hydrogen (secondary N) is 1. The highest BCUT2D eigenvalue weighted by atomic mass is 16.5. The summed E-state index contributed by atoms with van der Waals surface area (Å²) in [6.07, 6.45) is 3.55. The van der Waals surface area contributed by atoms with Crippen LogP contribution in [0.2, 0.25) is 0 Å². The second-order valence-corrected chi connectivity index (χ2v) is 4.89. The van der Waals surface area contributed by atoms with Gasteiger partial charge in [0.05, 0.1) is 26.0 Å². The van der Waals surface area contributed by atoms with Crippen molar-refractivity contribution in [1.82, 2.24) is 10.2 Å². The molecule has 0 aromatic carbocycles. The maximum absolute atomic E-state index is 11.9. The number of nitrogens with zero attached hydrogens (tertiary/aromatic N) is 1. The first-order valence-electron chi connectivity index (χ1n) is 6.87. The van der Waals surface area contributed by atoms with Crippen molar-refractivity contribution in [3.63, 3.8) is 0 Å². The largest absolute Gasteiger partial charge is 0.469 e. The molecule has 1 amide bonds. The highest BCUT2D eigenvalue weighted by Crippen LogP contribution is 2.05. The molecule has 5 nitrogen and oxygen atoms in total. The van der Waals surface area contributed by atoms with Gasteiger partial charge in [-0.1, -0.05) is 0 Å². The quantitative estimate of drug-likeness (QED) is 0.836. The van der Waals surface area contributed by atoms with Crippen molar-refractivity contribution in [3.05, 3.63) is 24.2 Å². The molecule has 0 spiro atoms. The second kappa shape index (κ2) is 7.31. The summed E-state index contributed by atoms with van der Waals surface area (Å²) in [4.78, 5) is 13.8. The zero-order valence-electron chi connectivity index (χ0n) is 11.4. The van der Waals surface area contributed by atoms with Crippen molar-refractivity contribution < 1.29 is 13.9 Å². The molecule has 1 N–H and O–H groups in total. The molecule has 1 saturated heterocycles. The Morgan fingerprint density at radius 1 is 1.47 bits per heavy atom. The third-order valence-electron chi connectivity index (χ3n) is 3.37. The average molecular weight is 266 g/mol. The molecule has 2 heterocycles. The van der Waals surface area contributed by atoms with E-state index in [2.05, 4.69) is 12.2 Å². The van der Waals surface area contributed by atoms with Crippen LogP contribution in [-0.2, 0) is 16.0 Å². The lowest BCUT2D eigenvalue weighted by atomic mass is 10.1. The lowest BCUT2D eigenvalue weighted by Crippen LogP contribution is -2.46. The van der Waals surface area contributed by atoms with Gasteiger partial charge in [-0.05, 0) is 25.5 Å². The molecular formula is C14H22N2O3. The van der Waals surface area contributed by atoms with Crippen LogP contribution in [-0.4, -0.2) is 49.7 Å². The van der Waals surface area contributed by atoms with Gasteiger partial charge in [-0.2, -0.15) is 0 Å². The van der Waals surface area contributed by atoms with Crippen molar-refractivity contribution >= 4 is 5.91 Å². The maximum atomic E-state index is 11.9. The van der Waals surface area contributed by atoms with Crippen LogP contribution in [0.5, 0.6) is 0 Å². The van der Waals surface area contributed by atoms with Crippen molar-refractivity contribution in [2.24, 2.45) is 0 Å². The number of carbonyl (C=O) groups is 1. The van der Waals surface area contributed by atoms with Gasteiger partial charge in [-0.25, -0.2) is 0 Å². The Bertz CT molecular complexity index is 372. The van der Waals surface area contributed by atoms with Crippen LogP contribution in [0.4, 0.5) is 0 Å². The molecule has 1 unspecified atom stereocenters. The molecule has 19 heavy (non-hydrogen) atoms. The van der Waals surface area contributed by atoms with Crippen LogP contribution in [0.15, 0.2) is 22.8 Å². The summed E-state index contributed by atoms with van der Waals surface area (Å²) in [6, 6.07) is 4.18. The molecule has 5 heteroatoms. The predicted molar refractivity (Wildman–Crippen MR) is 71.9 cm³/mol. The first-order valence-corrected chi connectivity index (χ1v) is 6.87. The number of hydrogen-bond donors (Lipinski definition) is 1. The summed E-state index contributed by atoms with van der Waals surface area (Å²) in [5, 5.41) is 3.27. The lowest BCUT2D eigenvalue weighted by molar-refractivity contribution is -0.134. The van der Waals surface area contributed by atoms with E-state index in [4.69, 9.17) is 9.15 Å². The number of rotatable bonds is 6. The second-order valence-electron chi connectivity index (χ2n) is 4.89. The normalized spacial score (nSPS) is 17.4. The summed E-state index contributed by atoms with van der Waals surface area (Å²) in [5.41, 5.74) is 0. The van der Waals surface area contributed by atoms with Crippen LogP contribution in [0, 0.1) is 0 Å². The zero-order chi connectivity index (χ0) is 13.5. The number of carbonyl (C=O) groups excluding carboxylic acids is 1. The Morgan fingerprint density at radius 3 is 2.95 bits per heavy atom. The maximum Gasteiger partial charge on any atom is 0.236 e. The summed E-state index contributed by atoms with van der Waals surface area (Å²) in [7, 11) is 0. The highest BCUT2D eigenvalue weighted by Gasteiger charge is 2.16. The summed E-state index contributed by atoms with van der Waals surface area (Å²) < 4.78 is 10.5. The van der Waals surface area contributed by atoms with Gasteiger partial charge in [0.25, 0.3) is 0 Å². The van der Waals surface area contributed by atoms with Gasteiger partial charge >= 0.3 is 0 Å². The third-order valence-corrected chi connectivity index (χ3v) is 3.37. The molecule has 1 atom stereocenters. The van der Waals surface area contributed by atoms with E-state index in [9.17, 15) is 4.79 Å². The van der Waals surface area contributed by atoms with E-state index in [1.54, 1.807) is 6.26 Å². The Morgan fingerprint density at radius 2 is 2.26 bits per heavy atom. The predicted octanol–water partition coefficient (Wildman–Crippen LogP) is 1.05. The smallest absolute Gasteiger partial charge is 0.236 e. The minimum atomic E-state index is 0.160. The number of furan rings is 1. The van der Waals surface area contributed by atoms with E-state index >= 15 is 0 Å². The molecule has 1 aromatic heterocycles. The van der Waals surface area contributed by atoms with Crippen molar-refractivity contribution in [2.45, 2.75) is 25.8 Å². The van der Waals surface area contributed by atoms with Gasteiger partial charge in [-0.3, -0.25) is 4.79 Å². The standard InChI is InChI=1S/C14H22N2O3/c1-12(4-5-13-3-2-8-19-13)15-11-14(17)16-6-9-18-10-7-16/h2-3,8,12,15H,4-7,9-11H2,1H3.